The summed E-state index contributed by atoms with van der Waals surface area (Å²) in [5.74, 6) is 0.495. The van der Waals surface area contributed by atoms with Crippen molar-refractivity contribution in [2.45, 2.75) is 58.7 Å². The van der Waals surface area contributed by atoms with E-state index in [9.17, 15) is 9.59 Å². The van der Waals surface area contributed by atoms with E-state index >= 15 is 0 Å². The maximum Gasteiger partial charge on any atom is 0.266 e. The molecule has 0 saturated carbocycles. The highest BCUT2D eigenvalue weighted by Crippen LogP contribution is 2.28. The first-order chi connectivity index (χ1) is 16.3. The van der Waals surface area contributed by atoms with Gasteiger partial charge < -0.3 is 4.57 Å². The summed E-state index contributed by atoms with van der Waals surface area (Å²) >= 11 is 1.32. The van der Waals surface area contributed by atoms with Gasteiger partial charge in [0.2, 0.25) is 0 Å². The van der Waals surface area contributed by atoms with Crippen molar-refractivity contribution in [3.05, 3.63) is 87.5 Å². The fourth-order valence-corrected chi connectivity index (χ4v) is 5.35. The van der Waals surface area contributed by atoms with Crippen LogP contribution in [0.4, 0.5) is 0 Å². The molecule has 0 N–H and O–H groups in total. The molecule has 2 aromatic carbocycles. The number of thioether (sulfide) groups is 1. The first kappa shape index (κ1) is 24.0. The zero-order chi connectivity index (χ0) is 24.4. The van der Waals surface area contributed by atoms with E-state index in [4.69, 9.17) is 4.98 Å². The molecule has 34 heavy (non-hydrogen) atoms. The Hall–Kier alpha value is -3.12. The van der Waals surface area contributed by atoms with Gasteiger partial charge in [0.25, 0.3) is 5.56 Å². The third-order valence-electron chi connectivity index (χ3n) is 6.20. The van der Waals surface area contributed by atoms with Crippen LogP contribution < -0.4 is 5.56 Å². The van der Waals surface area contributed by atoms with E-state index < -0.39 is 0 Å². The van der Waals surface area contributed by atoms with Gasteiger partial charge in [-0.1, -0.05) is 62.9 Å². The highest BCUT2D eigenvalue weighted by atomic mass is 32.2. The zero-order valence-corrected chi connectivity index (χ0v) is 21.3. The van der Waals surface area contributed by atoms with Crippen LogP contribution in [-0.4, -0.2) is 25.7 Å². The molecule has 0 aliphatic carbocycles. The number of rotatable bonds is 8. The first-order valence-corrected chi connectivity index (χ1v) is 12.8. The smallest absolute Gasteiger partial charge is 0.266 e. The molecule has 0 spiro atoms. The molecular formula is C28H31N3O2S. The van der Waals surface area contributed by atoms with E-state index in [0.717, 1.165) is 41.2 Å². The average Bonchev–Trinajstić information content (AvgIpc) is 3.11. The third kappa shape index (κ3) is 4.47. The monoisotopic (exact) mass is 473 g/mol. The van der Waals surface area contributed by atoms with E-state index in [-0.39, 0.29) is 23.0 Å². The molecular weight excluding hydrogens is 442 g/mol. The van der Waals surface area contributed by atoms with Crippen LogP contribution >= 0.6 is 11.8 Å². The summed E-state index contributed by atoms with van der Waals surface area (Å²) in [6.07, 6.45) is 1.02. The standard InChI is InChI=1S/C28H31N3O2S/c1-6-15-30-19(4)16-23(20(30)5)26(32)17-34-28-29-24-13-9-7-12-22(24)27(33)31(28)25-14-10-8-11-21(25)18(2)3/h7-14,16,18H,6,15,17H2,1-5H3. The van der Waals surface area contributed by atoms with Crippen molar-refractivity contribution in [1.29, 1.82) is 0 Å². The maximum atomic E-state index is 13.6. The van der Waals surface area contributed by atoms with E-state index in [2.05, 4.69) is 25.3 Å². The molecule has 0 unspecified atom stereocenters. The lowest BCUT2D eigenvalue weighted by molar-refractivity contribution is 0.102. The lowest BCUT2D eigenvalue weighted by Crippen LogP contribution is -2.23. The Morgan fingerprint density at radius 1 is 1.06 bits per heavy atom. The topological polar surface area (TPSA) is 56.9 Å². The molecule has 0 saturated heterocycles. The quantitative estimate of drug-likeness (QED) is 0.171. The van der Waals surface area contributed by atoms with Crippen molar-refractivity contribution in [3.63, 3.8) is 0 Å². The SMILES string of the molecule is CCCn1c(C)cc(C(=O)CSc2nc3ccccc3c(=O)n2-c2ccccc2C(C)C)c1C. The zero-order valence-electron chi connectivity index (χ0n) is 20.5. The van der Waals surface area contributed by atoms with E-state index in [0.29, 0.717) is 16.1 Å². The lowest BCUT2D eigenvalue weighted by Gasteiger charge is -2.18. The normalized spacial score (nSPS) is 11.5. The summed E-state index contributed by atoms with van der Waals surface area (Å²) in [4.78, 5) is 31.7. The van der Waals surface area contributed by atoms with Crippen LogP contribution in [0.15, 0.2) is 64.5 Å². The van der Waals surface area contributed by atoms with Gasteiger partial charge in [-0.25, -0.2) is 4.98 Å². The molecule has 0 amide bonds. The van der Waals surface area contributed by atoms with Crippen LogP contribution in [0.1, 0.15) is 60.4 Å². The molecule has 0 aliphatic heterocycles. The molecule has 4 rings (SSSR count). The summed E-state index contributed by atoms with van der Waals surface area (Å²) in [5.41, 5.74) is 5.25. The highest BCUT2D eigenvalue weighted by Gasteiger charge is 2.20. The molecule has 4 aromatic rings. The minimum atomic E-state index is -0.116. The minimum Gasteiger partial charge on any atom is -0.348 e. The van der Waals surface area contributed by atoms with E-state index in [1.807, 2.05) is 62.4 Å². The van der Waals surface area contributed by atoms with Crippen molar-refractivity contribution in [2.75, 3.05) is 5.75 Å². The van der Waals surface area contributed by atoms with Gasteiger partial charge in [-0.2, -0.15) is 0 Å². The Bertz CT molecular complexity index is 1420. The molecule has 0 atom stereocenters. The van der Waals surface area contributed by atoms with Crippen molar-refractivity contribution in [3.8, 4) is 5.69 Å². The van der Waals surface area contributed by atoms with Crippen LogP contribution in [0.3, 0.4) is 0 Å². The summed E-state index contributed by atoms with van der Waals surface area (Å²) in [6, 6.07) is 17.3. The number of Topliss-reactive ketones (excluding diaryl/α,β-unsaturated/α-hetero) is 1. The van der Waals surface area contributed by atoms with Gasteiger partial charge in [-0.05, 0) is 56.0 Å². The number of nitrogens with zero attached hydrogens (tertiary/aromatic N) is 3. The van der Waals surface area contributed by atoms with Gasteiger partial charge in [-0.15, -0.1) is 0 Å². The molecule has 6 heteroatoms. The Morgan fingerprint density at radius 3 is 2.50 bits per heavy atom. The number of carbonyl (C=O) groups excluding carboxylic acids is 1. The highest BCUT2D eigenvalue weighted by molar-refractivity contribution is 7.99. The van der Waals surface area contributed by atoms with Gasteiger partial charge in [0.15, 0.2) is 10.9 Å². The third-order valence-corrected chi connectivity index (χ3v) is 7.14. The second kappa shape index (κ2) is 10.0. The predicted octanol–water partition coefficient (Wildman–Crippen LogP) is 6.31. The Balaban J connectivity index is 1.78. The fourth-order valence-electron chi connectivity index (χ4n) is 4.46. The predicted molar refractivity (Wildman–Crippen MR) is 141 cm³/mol. The van der Waals surface area contributed by atoms with Crippen molar-refractivity contribution >= 4 is 28.4 Å². The first-order valence-electron chi connectivity index (χ1n) is 11.8. The maximum absolute atomic E-state index is 13.6. The second-order valence-corrected chi connectivity index (χ2v) is 9.86. The Morgan fingerprint density at radius 2 is 1.76 bits per heavy atom. The number of ketones is 1. The minimum absolute atomic E-state index is 0.0477. The number of carbonyl (C=O) groups is 1. The molecule has 0 fully saturated rings. The number of para-hydroxylation sites is 2. The summed E-state index contributed by atoms with van der Waals surface area (Å²) in [7, 11) is 0. The van der Waals surface area contributed by atoms with Gasteiger partial charge in [-0.3, -0.25) is 14.2 Å². The number of aromatic nitrogens is 3. The summed E-state index contributed by atoms with van der Waals surface area (Å²) < 4.78 is 3.87. The van der Waals surface area contributed by atoms with Crippen LogP contribution in [-0.2, 0) is 6.54 Å². The summed E-state index contributed by atoms with van der Waals surface area (Å²) in [5, 5.41) is 1.10. The molecule has 2 heterocycles. The lowest BCUT2D eigenvalue weighted by atomic mass is 10.0. The number of hydrogen-bond donors (Lipinski definition) is 0. The average molecular weight is 474 g/mol. The molecule has 0 aliphatic rings. The molecule has 0 bridgehead atoms. The van der Waals surface area contributed by atoms with Crippen molar-refractivity contribution in [1.82, 2.24) is 14.1 Å². The number of aryl methyl sites for hydroxylation is 1. The number of fused-ring (bicyclic) bond motifs is 1. The van der Waals surface area contributed by atoms with Crippen LogP contribution in [0.2, 0.25) is 0 Å². The Labute approximate surface area is 204 Å². The number of hydrogen-bond acceptors (Lipinski definition) is 4. The summed E-state index contributed by atoms with van der Waals surface area (Å²) in [6.45, 7) is 11.3. The largest absolute Gasteiger partial charge is 0.348 e. The van der Waals surface area contributed by atoms with Gasteiger partial charge in [0.1, 0.15) is 0 Å². The van der Waals surface area contributed by atoms with E-state index in [1.165, 1.54) is 11.8 Å². The van der Waals surface area contributed by atoms with Crippen molar-refractivity contribution < 1.29 is 4.79 Å². The van der Waals surface area contributed by atoms with Crippen LogP contribution in [0.25, 0.3) is 16.6 Å². The van der Waals surface area contributed by atoms with Crippen LogP contribution in [0, 0.1) is 13.8 Å². The molecule has 5 nitrogen and oxygen atoms in total. The van der Waals surface area contributed by atoms with Crippen LogP contribution in [0.5, 0.6) is 0 Å². The molecule has 2 aromatic heterocycles. The van der Waals surface area contributed by atoms with Crippen molar-refractivity contribution in [2.24, 2.45) is 0 Å². The van der Waals surface area contributed by atoms with Gasteiger partial charge in [0.05, 0.1) is 22.3 Å². The molecule has 176 valence electrons. The van der Waals surface area contributed by atoms with E-state index in [1.54, 1.807) is 10.6 Å². The number of benzene rings is 2. The molecule has 0 radical (unpaired) electrons. The van der Waals surface area contributed by atoms with Gasteiger partial charge >= 0.3 is 0 Å². The Kier molecular flexibility index (Phi) is 7.08. The fraction of sp³-hybridized carbons (Fsp3) is 0.321. The second-order valence-electron chi connectivity index (χ2n) is 8.91. The van der Waals surface area contributed by atoms with Gasteiger partial charge in [0, 0.05) is 23.5 Å².